The molecule has 0 aliphatic rings. The number of carbonyl (C=O) groups is 1. The van der Waals surface area contributed by atoms with E-state index in [-0.39, 0.29) is 10.5 Å². The minimum atomic E-state index is -3.72. The molecule has 1 aromatic carbocycles. The van der Waals surface area contributed by atoms with Crippen LogP contribution < -0.4 is 4.74 Å². The van der Waals surface area contributed by atoms with Crippen molar-refractivity contribution in [3.05, 3.63) is 23.3 Å². The van der Waals surface area contributed by atoms with E-state index in [1.165, 1.54) is 27.3 Å². The van der Waals surface area contributed by atoms with Crippen molar-refractivity contribution in [2.24, 2.45) is 0 Å². The summed E-state index contributed by atoms with van der Waals surface area (Å²) in [5, 5.41) is 0. The second kappa shape index (κ2) is 6.88. The predicted molar refractivity (Wildman–Crippen MR) is 88.5 cm³/mol. The van der Waals surface area contributed by atoms with Crippen LogP contribution in [0.15, 0.2) is 17.0 Å². The van der Waals surface area contributed by atoms with Gasteiger partial charge in [0.2, 0.25) is 10.0 Å². The average Bonchev–Trinajstić information content (AvgIpc) is 2.45. The zero-order valence-corrected chi connectivity index (χ0v) is 15.6. The number of esters is 1. The summed E-state index contributed by atoms with van der Waals surface area (Å²) in [5.41, 5.74) is 0.240. The van der Waals surface area contributed by atoms with E-state index in [1.54, 1.807) is 13.0 Å². The van der Waals surface area contributed by atoms with Gasteiger partial charge in [-0.1, -0.05) is 20.8 Å². The molecule has 0 saturated heterocycles. The monoisotopic (exact) mass is 343 g/mol. The number of methoxy groups -OCH3 is 1. The summed E-state index contributed by atoms with van der Waals surface area (Å²) in [4.78, 5) is 12.1. The van der Waals surface area contributed by atoms with Gasteiger partial charge in [0.25, 0.3) is 0 Å². The number of ether oxygens (including phenoxy) is 2. The Morgan fingerprint density at radius 1 is 1.22 bits per heavy atom. The molecule has 0 aliphatic carbocycles. The number of carbonyl (C=O) groups excluding carboxylic acids is 1. The van der Waals surface area contributed by atoms with E-state index in [9.17, 15) is 13.2 Å². The van der Waals surface area contributed by atoms with E-state index >= 15 is 0 Å². The average molecular weight is 343 g/mol. The van der Waals surface area contributed by atoms with Crippen LogP contribution in [0.4, 0.5) is 0 Å². The van der Waals surface area contributed by atoms with Crippen LogP contribution in [-0.4, -0.2) is 46.5 Å². The normalized spacial score (nSPS) is 12.3. The van der Waals surface area contributed by atoms with E-state index in [0.717, 1.165) is 4.31 Å². The van der Waals surface area contributed by atoms with Crippen molar-refractivity contribution in [3.8, 4) is 5.75 Å². The summed E-state index contributed by atoms with van der Waals surface area (Å²) in [6.45, 7) is 7.87. The summed E-state index contributed by atoms with van der Waals surface area (Å²) in [6.07, 6.45) is 0. The summed E-state index contributed by atoms with van der Waals surface area (Å²) in [5.74, 6) is -0.314. The molecule has 0 saturated carbocycles. The van der Waals surface area contributed by atoms with Gasteiger partial charge in [0.05, 0.1) is 18.6 Å². The van der Waals surface area contributed by atoms with E-state index in [2.05, 4.69) is 0 Å². The molecule has 0 atom stereocenters. The second-order valence-electron chi connectivity index (χ2n) is 6.31. The first kappa shape index (κ1) is 19.4. The Labute approximate surface area is 138 Å². The van der Waals surface area contributed by atoms with Crippen LogP contribution in [0.1, 0.15) is 43.6 Å². The molecule has 0 spiro atoms. The third kappa shape index (κ3) is 4.03. The molecule has 0 N–H and O–H groups in total. The summed E-state index contributed by atoms with van der Waals surface area (Å²) in [7, 11) is 0.438. The quantitative estimate of drug-likeness (QED) is 0.768. The molecule has 1 rings (SSSR count). The van der Waals surface area contributed by atoms with E-state index in [4.69, 9.17) is 9.47 Å². The van der Waals surface area contributed by atoms with Gasteiger partial charge < -0.3 is 9.47 Å². The maximum atomic E-state index is 12.7. The Morgan fingerprint density at radius 2 is 1.78 bits per heavy atom. The standard InChI is InChI=1S/C16H25NO5S/c1-8-22-13-10-12(16(2,3)4)14(23(19,20)17(5)6)9-11(13)15(18)21-7/h9-10H,8H2,1-7H3. The van der Waals surface area contributed by atoms with Crippen molar-refractivity contribution in [2.45, 2.75) is 38.0 Å². The zero-order valence-electron chi connectivity index (χ0n) is 14.8. The Balaban J connectivity index is 3.82. The van der Waals surface area contributed by atoms with Crippen molar-refractivity contribution < 1.29 is 22.7 Å². The van der Waals surface area contributed by atoms with Crippen LogP contribution in [0.3, 0.4) is 0 Å². The Bertz CT molecular complexity index is 687. The first-order chi connectivity index (χ1) is 10.5. The Hall–Kier alpha value is -1.60. The van der Waals surface area contributed by atoms with Crippen molar-refractivity contribution in [3.63, 3.8) is 0 Å². The minimum Gasteiger partial charge on any atom is -0.493 e. The van der Waals surface area contributed by atoms with Crippen LogP contribution in [-0.2, 0) is 20.2 Å². The highest BCUT2D eigenvalue weighted by atomic mass is 32.2. The van der Waals surface area contributed by atoms with Crippen molar-refractivity contribution in [1.29, 1.82) is 0 Å². The van der Waals surface area contributed by atoms with Crippen LogP contribution in [0.25, 0.3) is 0 Å². The van der Waals surface area contributed by atoms with Gasteiger partial charge >= 0.3 is 5.97 Å². The third-order valence-corrected chi connectivity index (χ3v) is 5.21. The Morgan fingerprint density at radius 3 is 2.17 bits per heavy atom. The summed E-state index contributed by atoms with van der Waals surface area (Å²) >= 11 is 0. The van der Waals surface area contributed by atoms with Gasteiger partial charge in [-0.3, -0.25) is 0 Å². The molecule has 0 bridgehead atoms. The van der Waals surface area contributed by atoms with Crippen LogP contribution in [0, 0.1) is 0 Å². The topological polar surface area (TPSA) is 72.9 Å². The van der Waals surface area contributed by atoms with Crippen LogP contribution in [0.2, 0.25) is 0 Å². The van der Waals surface area contributed by atoms with Gasteiger partial charge in [0, 0.05) is 14.1 Å². The maximum absolute atomic E-state index is 12.7. The molecule has 0 radical (unpaired) electrons. The molecule has 0 amide bonds. The number of sulfonamides is 1. The smallest absolute Gasteiger partial charge is 0.341 e. The molecule has 23 heavy (non-hydrogen) atoms. The molecule has 0 unspecified atom stereocenters. The molecular formula is C16H25NO5S. The summed E-state index contributed by atoms with van der Waals surface area (Å²) in [6, 6.07) is 2.96. The molecule has 130 valence electrons. The largest absolute Gasteiger partial charge is 0.493 e. The van der Waals surface area contributed by atoms with Gasteiger partial charge in [0.1, 0.15) is 11.3 Å². The lowest BCUT2D eigenvalue weighted by Gasteiger charge is -2.26. The molecule has 0 fully saturated rings. The second-order valence-corrected chi connectivity index (χ2v) is 8.43. The molecule has 7 heteroatoms. The molecular weight excluding hydrogens is 318 g/mol. The third-order valence-electron chi connectivity index (χ3n) is 3.35. The predicted octanol–water partition coefficient (Wildman–Crippen LogP) is 2.42. The van der Waals surface area contributed by atoms with Gasteiger partial charge in [0.15, 0.2) is 0 Å². The molecule has 0 aliphatic heterocycles. The highest BCUT2D eigenvalue weighted by molar-refractivity contribution is 7.89. The lowest BCUT2D eigenvalue weighted by molar-refractivity contribution is 0.0596. The zero-order chi connectivity index (χ0) is 18.0. The SMILES string of the molecule is CCOc1cc(C(C)(C)C)c(S(=O)(=O)N(C)C)cc1C(=O)OC. The van der Waals surface area contributed by atoms with Gasteiger partial charge in [-0.25, -0.2) is 17.5 Å². The maximum Gasteiger partial charge on any atom is 0.341 e. The van der Waals surface area contributed by atoms with Gasteiger partial charge in [-0.05, 0) is 30.0 Å². The number of hydrogen-bond donors (Lipinski definition) is 0. The fourth-order valence-electron chi connectivity index (χ4n) is 2.10. The van der Waals surface area contributed by atoms with Crippen molar-refractivity contribution >= 4 is 16.0 Å². The fraction of sp³-hybridized carbons (Fsp3) is 0.562. The van der Waals surface area contributed by atoms with E-state index < -0.39 is 21.4 Å². The molecule has 1 aromatic rings. The molecule has 6 nitrogen and oxygen atoms in total. The van der Waals surface area contributed by atoms with Gasteiger partial charge in [-0.2, -0.15) is 0 Å². The highest BCUT2D eigenvalue weighted by Gasteiger charge is 2.31. The number of benzene rings is 1. The number of nitrogens with zero attached hydrogens (tertiary/aromatic N) is 1. The van der Waals surface area contributed by atoms with Crippen molar-refractivity contribution in [1.82, 2.24) is 4.31 Å². The molecule has 0 heterocycles. The minimum absolute atomic E-state index is 0.0823. The fourth-order valence-corrected chi connectivity index (χ4v) is 3.40. The highest BCUT2D eigenvalue weighted by Crippen LogP contribution is 2.36. The number of rotatable bonds is 5. The van der Waals surface area contributed by atoms with E-state index in [1.807, 2.05) is 20.8 Å². The van der Waals surface area contributed by atoms with Crippen LogP contribution >= 0.6 is 0 Å². The van der Waals surface area contributed by atoms with Crippen molar-refractivity contribution in [2.75, 3.05) is 27.8 Å². The van der Waals surface area contributed by atoms with E-state index in [0.29, 0.717) is 17.9 Å². The van der Waals surface area contributed by atoms with Crippen LogP contribution in [0.5, 0.6) is 5.75 Å². The number of hydrogen-bond acceptors (Lipinski definition) is 5. The lowest BCUT2D eigenvalue weighted by Crippen LogP contribution is -2.27. The Kier molecular flexibility index (Phi) is 5.82. The first-order valence-electron chi connectivity index (χ1n) is 7.29. The molecule has 0 aromatic heterocycles. The lowest BCUT2D eigenvalue weighted by atomic mass is 9.86. The van der Waals surface area contributed by atoms with Gasteiger partial charge in [-0.15, -0.1) is 0 Å². The summed E-state index contributed by atoms with van der Waals surface area (Å²) < 4.78 is 36.7. The first-order valence-corrected chi connectivity index (χ1v) is 8.73.